The molecule has 3 heteroatoms. The van der Waals surface area contributed by atoms with E-state index in [0.29, 0.717) is 5.75 Å². The molecule has 2 aromatic rings. The number of hydrogen-bond donors (Lipinski definition) is 1. The minimum atomic E-state index is -0.535. The van der Waals surface area contributed by atoms with E-state index in [1.807, 2.05) is 38.1 Å². The molecule has 0 heterocycles. The minimum Gasteiger partial charge on any atom is -0.481 e. The molecule has 0 radical (unpaired) electrons. The second kappa shape index (κ2) is 7.32. The SMILES string of the molecule is Cc1ccc(OC(C)C(=O)NC(C)c2ccc(C)c(C)c2)cc1. The van der Waals surface area contributed by atoms with Crippen molar-refractivity contribution in [2.75, 3.05) is 0 Å². The molecule has 23 heavy (non-hydrogen) atoms. The van der Waals surface area contributed by atoms with Crippen LogP contribution in [-0.4, -0.2) is 12.0 Å². The fourth-order valence-electron chi connectivity index (χ4n) is 2.32. The molecule has 2 rings (SSSR count). The zero-order valence-electron chi connectivity index (χ0n) is 14.5. The van der Waals surface area contributed by atoms with E-state index in [0.717, 1.165) is 11.1 Å². The summed E-state index contributed by atoms with van der Waals surface area (Å²) in [4.78, 5) is 12.3. The third-order valence-electron chi connectivity index (χ3n) is 4.09. The Kier molecular flexibility index (Phi) is 5.43. The number of hydrogen-bond acceptors (Lipinski definition) is 2. The van der Waals surface area contributed by atoms with Crippen molar-refractivity contribution < 1.29 is 9.53 Å². The topological polar surface area (TPSA) is 38.3 Å². The molecule has 1 amide bonds. The molecule has 2 atom stereocenters. The Morgan fingerprint density at radius 1 is 0.957 bits per heavy atom. The van der Waals surface area contributed by atoms with Crippen LogP contribution in [-0.2, 0) is 4.79 Å². The number of amides is 1. The Morgan fingerprint density at radius 3 is 2.22 bits per heavy atom. The Bertz CT molecular complexity index is 677. The summed E-state index contributed by atoms with van der Waals surface area (Å²) < 4.78 is 5.70. The predicted octanol–water partition coefficient (Wildman–Crippen LogP) is 4.26. The van der Waals surface area contributed by atoms with Gasteiger partial charge in [-0.25, -0.2) is 0 Å². The molecule has 2 unspecified atom stereocenters. The van der Waals surface area contributed by atoms with Gasteiger partial charge in [-0.05, 0) is 63.4 Å². The van der Waals surface area contributed by atoms with Gasteiger partial charge in [-0.2, -0.15) is 0 Å². The average molecular weight is 311 g/mol. The van der Waals surface area contributed by atoms with Crippen LogP contribution in [0.3, 0.4) is 0 Å². The molecule has 0 aromatic heterocycles. The van der Waals surface area contributed by atoms with Gasteiger partial charge in [0.1, 0.15) is 5.75 Å². The number of rotatable bonds is 5. The van der Waals surface area contributed by atoms with Gasteiger partial charge in [0, 0.05) is 0 Å². The van der Waals surface area contributed by atoms with Crippen LogP contribution in [0.15, 0.2) is 42.5 Å². The van der Waals surface area contributed by atoms with E-state index >= 15 is 0 Å². The van der Waals surface area contributed by atoms with Crippen LogP contribution in [0.4, 0.5) is 0 Å². The number of carbonyl (C=O) groups is 1. The molecule has 0 saturated carbocycles. The third kappa shape index (κ3) is 4.59. The molecular formula is C20H25NO2. The van der Waals surface area contributed by atoms with Gasteiger partial charge in [-0.15, -0.1) is 0 Å². The van der Waals surface area contributed by atoms with Gasteiger partial charge in [0.2, 0.25) is 0 Å². The summed E-state index contributed by atoms with van der Waals surface area (Å²) in [7, 11) is 0. The first-order valence-corrected chi connectivity index (χ1v) is 7.97. The Morgan fingerprint density at radius 2 is 1.61 bits per heavy atom. The van der Waals surface area contributed by atoms with Crippen LogP contribution in [0.25, 0.3) is 0 Å². The summed E-state index contributed by atoms with van der Waals surface area (Å²) in [5.74, 6) is 0.591. The maximum Gasteiger partial charge on any atom is 0.261 e. The van der Waals surface area contributed by atoms with Crippen molar-refractivity contribution in [3.05, 3.63) is 64.7 Å². The lowest BCUT2D eigenvalue weighted by molar-refractivity contribution is -0.127. The number of ether oxygens (including phenoxy) is 1. The first-order chi connectivity index (χ1) is 10.9. The predicted molar refractivity (Wildman–Crippen MR) is 93.7 cm³/mol. The van der Waals surface area contributed by atoms with Gasteiger partial charge >= 0.3 is 0 Å². The maximum atomic E-state index is 12.3. The average Bonchev–Trinajstić information content (AvgIpc) is 2.52. The van der Waals surface area contributed by atoms with Crippen LogP contribution < -0.4 is 10.1 Å². The fourth-order valence-corrected chi connectivity index (χ4v) is 2.32. The highest BCUT2D eigenvalue weighted by Crippen LogP contribution is 2.18. The van der Waals surface area contributed by atoms with Crippen LogP contribution in [0.2, 0.25) is 0 Å². The lowest BCUT2D eigenvalue weighted by Crippen LogP contribution is -2.37. The van der Waals surface area contributed by atoms with Gasteiger partial charge in [0.15, 0.2) is 6.10 Å². The van der Waals surface area contributed by atoms with E-state index in [-0.39, 0.29) is 11.9 Å². The molecule has 122 valence electrons. The van der Waals surface area contributed by atoms with E-state index in [2.05, 4.69) is 37.4 Å². The molecule has 2 aromatic carbocycles. The van der Waals surface area contributed by atoms with Crippen molar-refractivity contribution in [3.63, 3.8) is 0 Å². The molecule has 0 spiro atoms. The maximum absolute atomic E-state index is 12.3. The Balaban J connectivity index is 1.96. The standard InChI is InChI=1S/C20H25NO2/c1-13-6-10-19(11-7-13)23-17(5)20(22)21-16(4)18-9-8-14(2)15(3)12-18/h6-12,16-17H,1-5H3,(H,21,22). The van der Waals surface area contributed by atoms with E-state index in [9.17, 15) is 4.79 Å². The zero-order valence-corrected chi connectivity index (χ0v) is 14.5. The van der Waals surface area contributed by atoms with Crippen molar-refractivity contribution in [3.8, 4) is 5.75 Å². The molecule has 0 saturated heterocycles. The van der Waals surface area contributed by atoms with Gasteiger partial charge in [-0.3, -0.25) is 4.79 Å². The summed E-state index contributed by atoms with van der Waals surface area (Å²) in [6.07, 6.45) is -0.535. The van der Waals surface area contributed by atoms with Crippen molar-refractivity contribution in [2.45, 2.75) is 46.8 Å². The van der Waals surface area contributed by atoms with Gasteiger partial charge < -0.3 is 10.1 Å². The quantitative estimate of drug-likeness (QED) is 0.896. The number of carbonyl (C=O) groups excluding carboxylic acids is 1. The van der Waals surface area contributed by atoms with Crippen LogP contribution in [0.1, 0.15) is 42.1 Å². The van der Waals surface area contributed by atoms with Crippen LogP contribution in [0, 0.1) is 20.8 Å². The highest BCUT2D eigenvalue weighted by Gasteiger charge is 2.18. The lowest BCUT2D eigenvalue weighted by Gasteiger charge is -2.19. The summed E-state index contributed by atoms with van der Waals surface area (Å²) in [6.45, 7) is 9.93. The molecule has 0 aliphatic heterocycles. The van der Waals surface area contributed by atoms with Gasteiger partial charge in [0.05, 0.1) is 6.04 Å². The van der Waals surface area contributed by atoms with Crippen LogP contribution >= 0.6 is 0 Å². The van der Waals surface area contributed by atoms with Crippen molar-refractivity contribution in [1.29, 1.82) is 0 Å². The molecule has 0 aliphatic carbocycles. The molecular weight excluding hydrogens is 286 g/mol. The number of nitrogens with one attached hydrogen (secondary N) is 1. The number of aryl methyl sites for hydroxylation is 3. The lowest BCUT2D eigenvalue weighted by atomic mass is 10.0. The molecule has 3 nitrogen and oxygen atoms in total. The second-order valence-corrected chi connectivity index (χ2v) is 6.15. The van der Waals surface area contributed by atoms with Crippen molar-refractivity contribution >= 4 is 5.91 Å². The van der Waals surface area contributed by atoms with E-state index < -0.39 is 6.10 Å². The van der Waals surface area contributed by atoms with Crippen LogP contribution in [0.5, 0.6) is 5.75 Å². The van der Waals surface area contributed by atoms with Gasteiger partial charge in [0.25, 0.3) is 5.91 Å². The second-order valence-electron chi connectivity index (χ2n) is 6.15. The highest BCUT2D eigenvalue weighted by atomic mass is 16.5. The minimum absolute atomic E-state index is 0.0501. The highest BCUT2D eigenvalue weighted by molar-refractivity contribution is 5.81. The Hall–Kier alpha value is -2.29. The fraction of sp³-hybridized carbons (Fsp3) is 0.350. The third-order valence-corrected chi connectivity index (χ3v) is 4.09. The van der Waals surface area contributed by atoms with E-state index in [1.165, 1.54) is 11.1 Å². The molecule has 1 N–H and O–H groups in total. The summed E-state index contributed by atoms with van der Waals surface area (Å²) in [5.41, 5.74) is 4.75. The molecule has 0 aliphatic rings. The van der Waals surface area contributed by atoms with Gasteiger partial charge in [-0.1, -0.05) is 35.9 Å². The zero-order chi connectivity index (χ0) is 17.0. The van der Waals surface area contributed by atoms with Crippen molar-refractivity contribution in [2.24, 2.45) is 0 Å². The monoisotopic (exact) mass is 311 g/mol. The van der Waals surface area contributed by atoms with E-state index in [4.69, 9.17) is 4.74 Å². The number of benzene rings is 2. The normalized spacial score (nSPS) is 13.3. The first-order valence-electron chi connectivity index (χ1n) is 7.97. The molecule has 0 bridgehead atoms. The summed E-state index contributed by atoms with van der Waals surface area (Å²) >= 11 is 0. The summed E-state index contributed by atoms with van der Waals surface area (Å²) in [5, 5.41) is 3.01. The Labute approximate surface area is 138 Å². The molecule has 0 fully saturated rings. The van der Waals surface area contributed by atoms with E-state index in [1.54, 1.807) is 6.92 Å². The largest absolute Gasteiger partial charge is 0.481 e. The smallest absolute Gasteiger partial charge is 0.261 e. The first kappa shape index (κ1) is 17.1. The summed E-state index contributed by atoms with van der Waals surface area (Å²) in [6, 6.07) is 13.9. The van der Waals surface area contributed by atoms with Crippen molar-refractivity contribution in [1.82, 2.24) is 5.32 Å².